The minimum atomic E-state index is 0.467. The largest absolute Gasteiger partial charge is 0.493 e. The minimum Gasteiger partial charge on any atom is -0.493 e. The van der Waals surface area contributed by atoms with Gasteiger partial charge >= 0.3 is 0 Å². The highest BCUT2D eigenvalue weighted by Crippen LogP contribution is 2.28. The van der Waals surface area contributed by atoms with E-state index < -0.39 is 0 Å². The quantitative estimate of drug-likeness (QED) is 0.527. The van der Waals surface area contributed by atoms with E-state index in [2.05, 4.69) is 18.0 Å². The van der Waals surface area contributed by atoms with Crippen LogP contribution in [-0.2, 0) is 4.74 Å². The van der Waals surface area contributed by atoms with Gasteiger partial charge < -0.3 is 19.5 Å². The second-order valence-corrected chi connectivity index (χ2v) is 4.11. The van der Waals surface area contributed by atoms with Gasteiger partial charge in [-0.05, 0) is 17.7 Å². The molecular weight excluding hydrogens is 254 g/mol. The van der Waals surface area contributed by atoms with Crippen LogP contribution < -0.4 is 14.8 Å². The number of ether oxygens (including phenoxy) is 3. The molecule has 0 amide bonds. The van der Waals surface area contributed by atoms with E-state index >= 15 is 0 Å². The maximum absolute atomic E-state index is 5.51. The highest BCUT2D eigenvalue weighted by Gasteiger charge is 2.03. The molecule has 4 nitrogen and oxygen atoms in total. The first-order valence-corrected chi connectivity index (χ1v) is 6.59. The van der Waals surface area contributed by atoms with Crippen molar-refractivity contribution in [2.45, 2.75) is 0 Å². The van der Waals surface area contributed by atoms with Gasteiger partial charge in [-0.15, -0.1) is 0 Å². The SMILES string of the molecule is C=CCOc1ccc(C=CCNCCOC)cc1OC. The Bertz CT molecular complexity index is 430. The number of hydrogen-bond donors (Lipinski definition) is 1. The van der Waals surface area contributed by atoms with Crippen LogP contribution in [0.4, 0.5) is 0 Å². The Morgan fingerprint density at radius 3 is 2.80 bits per heavy atom. The van der Waals surface area contributed by atoms with Crippen LogP contribution in [0.1, 0.15) is 5.56 Å². The normalized spacial score (nSPS) is 10.7. The monoisotopic (exact) mass is 277 g/mol. The van der Waals surface area contributed by atoms with Crippen molar-refractivity contribution in [1.29, 1.82) is 0 Å². The van der Waals surface area contributed by atoms with Crippen LogP contribution in [0.2, 0.25) is 0 Å². The van der Waals surface area contributed by atoms with Crippen molar-refractivity contribution >= 4 is 6.08 Å². The molecule has 0 radical (unpaired) electrons. The van der Waals surface area contributed by atoms with Crippen molar-refractivity contribution in [2.75, 3.05) is 40.5 Å². The van der Waals surface area contributed by atoms with Gasteiger partial charge in [0.15, 0.2) is 11.5 Å². The van der Waals surface area contributed by atoms with E-state index in [1.54, 1.807) is 20.3 Å². The van der Waals surface area contributed by atoms with Crippen LogP contribution in [0.5, 0.6) is 11.5 Å². The summed E-state index contributed by atoms with van der Waals surface area (Å²) in [6.07, 6.45) is 5.81. The molecule has 0 fully saturated rings. The predicted octanol–water partition coefficient (Wildman–Crippen LogP) is 2.51. The average molecular weight is 277 g/mol. The molecule has 1 aromatic rings. The maximum atomic E-state index is 5.51. The summed E-state index contributed by atoms with van der Waals surface area (Å²) in [4.78, 5) is 0. The Hall–Kier alpha value is -1.78. The summed E-state index contributed by atoms with van der Waals surface area (Å²) in [5, 5.41) is 3.25. The molecule has 0 atom stereocenters. The fourth-order valence-electron chi connectivity index (χ4n) is 1.61. The molecule has 4 heteroatoms. The van der Waals surface area contributed by atoms with E-state index in [9.17, 15) is 0 Å². The molecule has 0 saturated carbocycles. The lowest BCUT2D eigenvalue weighted by Crippen LogP contribution is -2.18. The molecule has 0 saturated heterocycles. The number of benzene rings is 1. The molecule has 0 bridgehead atoms. The average Bonchev–Trinajstić information content (AvgIpc) is 2.49. The first kappa shape index (κ1) is 16.3. The first-order chi connectivity index (χ1) is 9.81. The molecule has 20 heavy (non-hydrogen) atoms. The molecule has 0 aromatic heterocycles. The Balaban J connectivity index is 2.54. The molecule has 0 aliphatic heterocycles. The fraction of sp³-hybridized carbons (Fsp3) is 0.375. The van der Waals surface area contributed by atoms with Crippen LogP contribution >= 0.6 is 0 Å². The maximum Gasteiger partial charge on any atom is 0.161 e. The van der Waals surface area contributed by atoms with E-state index in [0.29, 0.717) is 6.61 Å². The third-order valence-corrected chi connectivity index (χ3v) is 2.60. The van der Waals surface area contributed by atoms with Crippen molar-refractivity contribution < 1.29 is 14.2 Å². The van der Waals surface area contributed by atoms with Gasteiger partial charge in [-0.1, -0.05) is 30.9 Å². The lowest BCUT2D eigenvalue weighted by atomic mass is 10.2. The molecule has 110 valence electrons. The Labute approximate surface area is 121 Å². The molecule has 1 aromatic carbocycles. The number of nitrogens with one attached hydrogen (secondary N) is 1. The molecule has 0 aliphatic rings. The van der Waals surface area contributed by atoms with Crippen LogP contribution in [0.3, 0.4) is 0 Å². The smallest absolute Gasteiger partial charge is 0.161 e. The third-order valence-electron chi connectivity index (χ3n) is 2.60. The van der Waals surface area contributed by atoms with Crippen LogP contribution in [-0.4, -0.2) is 40.5 Å². The van der Waals surface area contributed by atoms with Gasteiger partial charge in [0.25, 0.3) is 0 Å². The minimum absolute atomic E-state index is 0.467. The standard InChI is InChI=1S/C16H23NO3/c1-4-11-20-15-8-7-14(13-16(15)19-3)6-5-9-17-10-12-18-2/h4-8,13,17H,1,9-12H2,2-3H3. The number of hydrogen-bond acceptors (Lipinski definition) is 4. The lowest BCUT2D eigenvalue weighted by molar-refractivity contribution is 0.200. The summed E-state index contributed by atoms with van der Waals surface area (Å²) < 4.78 is 15.8. The highest BCUT2D eigenvalue weighted by atomic mass is 16.5. The summed E-state index contributed by atoms with van der Waals surface area (Å²) in [5.74, 6) is 1.45. The zero-order chi connectivity index (χ0) is 14.6. The van der Waals surface area contributed by atoms with Gasteiger partial charge in [-0.3, -0.25) is 0 Å². The van der Waals surface area contributed by atoms with Gasteiger partial charge in [-0.25, -0.2) is 0 Å². The topological polar surface area (TPSA) is 39.7 Å². The van der Waals surface area contributed by atoms with Gasteiger partial charge in [-0.2, -0.15) is 0 Å². The van der Waals surface area contributed by atoms with Crippen molar-refractivity contribution in [3.63, 3.8) is 0 Å². The van der Waals surface area contributed by atoms with E-state index in [4.69, 9.17) is 14.2 Å². The molecular formula is C16H23NO3. The summed E-state index contributed by atoms with van der Waals surface area (Å²) in [5.41, 5.74) is 1.07. The van der Waals surface area contributed by atoms with Crippen molar-refractivity contribution in [1.82, 2.24) is 5.32 Å². The Morgan fingerprint density at radius 1 is 1.25 bits per heavy atom. The number of methoxy groups -OCH3 is 2. The van der Waals surface area contributed by atoms with Gasteiger partial charge in [0.2, 0.25) is 0 Å². The second-order valence-electron chi connectivity index (χ2n) is 4.11. The number of rotatable bonds is 10. The molecule has 1 rings (SSSR count). The summed E-state index contributed by atoms with van der Waals surface area (Å²) in [6.45, 7) is 6.47. The Kier molecular flexibility index (Phi) is 8.19. The summed E-state index contributed by atoms with van der Waals surface area (Å²) >= 11 is 0. The van der Waals surface area contributed by atoms with Crippen molar-refractivity contribution in [3.8, 4) is 11.5 Å². The molecule has 0 spiro atoms. The van der Waals surface area contributed by atoms with E-state index in [1.807, 2.05) is 24.3 Å². The van der Waals surface area contributed by atoms with E-state index in [0.717, 1.165) is 36.8 Å². The van der Waals surface area contributed by atoms with Crippen LogP contribution in [0.15, 0.2) is 36.9 Å². The third kappa shape index (κ3) is 5.91. The predicted molar refractivity (Wildman–Crippen MR) is 82.5 cm³/mol. The summed E-state index contributed by atoms with van der Waals surface area (Å²) in [6, 6.07) is 5.84. The van der Waals surface area contributed by atoms with Crippen molar-refractivity contribution in [2.24, 2.45) is 0 Å². The van der Waals surface area contributed by atoms with E-state index in [-0.39, 0.29) is 0 Å². The molecule has 0 unspecified atom stereocenters. The first-order valence-electron chi connectivity index (χ1n) is 6.59. The summed E-state index contributed by atoms with van der Waals surface area (Å²) in [7, 11) is 3.33. The highest BCUT2D eigenvalue weighted by molar-refractivity contribution is 5.56. The fourth-order valence-corrected chi connectivity index (χ4v) is 1.61. The van der Waals surface area contributed by atoms with Crippen LogP contribution in [0, 0.1) is 0 Å². The van der Waals surface area contributed by atoms with Gasteiger partial charge in [0, 0.05) is 20.2 Å². The van der Waals surface area contributed by atoms with Gasteiger partial charge in [0.1, 0.15) is 6.61 Å². The molecule has 0 aliphatic carbocycles. The zero-order valence-electron chi connectivity index (χ0n) is 12.2. The molecule has 1 N–H and O–H groups in total. The van der Waals surface area contributed by atoms with Crippen LogP contribution in [0.25, 0.3) is 6.08 Å². The zero-order valence-corrected chi connectivity index (χ0v) is 12.2. The van der Waals surface area contributed by atoms with Crippen molar-refractivity contribution in [3.05, 3.63) is 42.5 Å². The molecule has 0 heterocycles. The van der Waals surface area contributed by atoms with E-state index in [1.165, 1.54) is 0 Å². The van der Waals surface area contributed by atoms with Gasteiger partial charge in [0.05, 0.1) is 13.7 Å². The Morgan fingerprint density at radius 2 is 2.10 bits per heavy atom. The lowest BCUT2D eigenvalue weighted by Gasteiger charge is -2.09. The second kappa shape index (κ2) is 10.1.